The van der Waals surface area contributed by atoms with Crippen molar-refractivity contribution in [2.45, 2.75) is 37.3 Å². The van der Waals surface area contributed by atoms with Crippen molar-refractivity contribution >= 4 is 26.5 Å². The molecule has 0 atom stereocenters. The van der Waals surface area contributed by atoms with Gasteiger partial charge in [0.1, 0.15) is 12.2 Å². The maximum absolute atomic E-state index is 13.1. The first-order valence-corrected chi connectivity index (χ1v) is 13.5. The third kappa shape index (κ3) is 5.32. The summed E-state index contributed by atoms with van der Waals surface area (Å²) >= 11 is 0. The monoisotopic (exact) mass is 502 g/mol. The first-order valence-electron chi connectivity index (χ1n) is 12.0. The van der Waals surface area contributed by atoms with Gasteiger partial charge in [0, 0.05) is 36.1 Å². The largest absolute Gasteiger partial charge is 0.488 e. The molecule has 0 saturated heterocycles. The summed E-state index contributed by atoms with van der Waals surface area (Å²) in [6.45, 7) is 5.87. The minimum Gasteiger partial charge on any atom is -0.488 e. The van der Waals surface area contributed by atoms with Crippen molar-refractivity contribution in [1.82, 2.24) is 5.32 Å². The van der Waals surface area contributed by atoms with Crippen LogP contribution in [-0.2, 0) is 23.0 Å². The van der Waals surface area contributed by atoms with Gasteiger partial charge in [0.15, 0.2) is 11.5 Å². The number of anilines is 1. The van der Waals surface area contributed by atoms with E-state index in [2.05, 4.69) is 30.0 Å². The van der Waals surface area contributed by atoms with Gasteiger partial charge in [-0.15, -0.1) is 0 Å². The highest BCUT2D eigenvalue weighted by Crippen LogP contribution is 2.41. The molecule has 4 aromatic rings. The molecule has 186 valence electrons. The van der Waals surface area contributed by atoms with Gasteiger partial charge < -0.3 is 14.8 Å². The van der Waals surface area contributed by atoms with E-state index in [1.807, 2.05) is 60.7 Å². The molecule has 0 amide bonds. The smallest absolute Gasteiger partial charge is 0.262 e. The van der Waals surface area contributed by atoms with Crippen LogP contribution < -0.4 is 19.5 Å². The Balaban J connectivity index is 1.17. The molecular formula is C29H30N2O4S. The van der Waals surface area contributed by atoms with E-state index in [0.717, 1.165) is 28.9 Å². The molecule has 7 heteroatoms. The second-order valence-electron chi connectivity index (χ2n) is 9.59. The Hall–Kier alpha value is -3.55. The van der Waals surface area contributed by atoms with E-state index >= 15 is 0 Å². The molecule has 0 unspecified atom stereocenters. The van der Waals surface area contributed by atoms with Gasteiger partial charge in [-0.05, 0) is 49.1 Å². The van der Waals surface area contributed by atoms with E-state index in [0.29, 0.717) is 30.8 Å². The van der Waals surface area contributed by atoms with Crippen molar-refractivity contribution < 1.29 is 17.9 Å². The molecule has 0 fully saturated rings. The molecule has 6 nitrogen and oxygen atoms in total. The van der Waals surface area contributed by atoms with Crippen LogP contribution in [0.1, 0.15) is 25.0 Å². The summed E-state index contributed by atoms with van der Waals surface area (Å²) in [5, 5.41) is 4.94. The highest BCUT2D eigenvalue weighted by Gasteiger charge is 2.32. The number of ether oxygens (including phenoxy) is 2. The standard InChI is InChI=1S/C29H30N2O4S/c1-29(2)19-23-11-6-14-26(28(23)35-29)34-17-16-30-20-21-8-5-12-24(18-21)31-36(32,33)27-15-7-10-22-9-3-4-13-25(22)27/h3-15,18,30-31H,16-17,19-20H2,1-2H3. The number of hydrogen-bond acceptors (Lipinski definition) is 5. The van der Waals surface area contributed by atoms with Crippen LogP contribution in [0.5, 0.6) is 11.5 Å². The van der Waals surface area contributed by atoms with Crippen molar-refractivity contribution in [1.29, 1.82) is 0 Å². The zero-order chi connectivity index (χ0) is 25.2. The quantitative estimate of drug-likeness (QED) is 0.295. The van der Waals surface area contributed by atoms with Crippen LogP contribution in [0.2, 0.25) is 0 Å². The van der Waals surface area contributed by atoms with Crippen molar-refractivity contribution in [2.75, 3.05) is 17.9 Å². The van der Waals surface area contributed by atoms with Gasteiger partial charge in [-0.3, -0.25) is 4.72 Å². The van der Waals surface area contributed by atoms with E-state index in [4.69, 9.17) is 9.47 Å². The lowest BCUT2D eigenvalue weighted by molar-refractivity contribution is 0.132. The predicted molar refractivity (Wildman–Crippen MR) is 143 cm³/mol. The zero-order valence-electron chi connectivity index (χ0n) is 20.5. The topological polar surface area (TPSA) is 76.7 Å². The van der Waals surface area contributed by atoms with Gasteiger partial charge in [-0.1, -0.05) is 60.7 Å². The molecule has 0 bridgehead atoms. The van der Waals surface area contributed by atoms with Crippen molar-refractivity contribution in [3.63, 3.8) is 0 Å². The first kappa shape index (κ1) is 24.2. The highest BCUT2D eigenvalue weighted by atomic mass is 32.2. The molecule has 0 saturated carbocycles. The number of hydrogen-bond donors (Lipinski definition) is 2. The average Bonchev–Trinajstić information content (AvgIpc) is 3.18. The minimum absolute atomic E-state index is 0.208. The molecule has 5 rings (SSSR count). The molecule has 1 heterocycles. The summed E-state index contributed by atoms with van der Waals surface area (Å²) in [5.74, 6) is 1.61. The van der Waals surface area contributed by atoms with Crippen molar-refractivity contribution in [3.8, 4) is 11.5 Å². The van der Waals surface area contributed by atoms with Crippen molar-refractivity contribution in [3.05, 3.63) is 96.1 Å². The number of nitrogens with one attached hydrogen (secondary N) is 2. The molecule has 0 aliphatic carbocycles. The maximum Gasteiger partial charge on any atom is 0.262 e. The zero-order valence-corrected chi connectivity index (χ0v) is 21.3. The molecule has 4 aromatic carbocycles. The summed E-state index contributed by atoms with van der Waals surface area (Å²) in [7, 11) is -3.73. The Bertz CT molecular complexity index is 1490. The molecule has 1 aliphatic rings. The fourth-order valence-electron chi connectivity index (χ4n) is 4.55. The van der Waals surface area contributed by atoms with Gasteiger partial charge in [-0.25, -0.2) is 8.42 Å². The number of benzene rings is 4. The second-order valence-corrected chi connectivity index (χ2v) is 11.2. The lowest BCUT2D eigenvalue weighted by Crippen LogP contribution is -2.25. The number of fused-ring (bicyclic) bond motifs is 2. The molecule has 2 N–H and O–H groups in total. The average molecular weight is 503 g/mol. The van der Waals surface area contributed by atoms with E-state index in [1.54, 1.807) is 18.2 Å². The fourth-order valence-corrected chi connectivity index (χ4v) is 5.83. The number of rotatable bonds is 9. The fraction of sp³-hybridized carbons (Fsp3) is 0.241. The Labute approximate surface area is 212 Å². The van der Waals surface area contributed by atoms with Crippen LogP contribution in [-0.4, -0.2) is 27.2 Å². The molecule has 1 aliphatic heterocycles. The Morgan fingerprint density at radius 1 is 0.944 bits per heavy atom. The molecule has 36 heavy (non-hydrogen) atoms. The summed E-state index contributed by atoms with van der Waals surface area (Å²) in [5.41, 5.74) is 2.46. The summed E-state index contributed by atoms with van der Waals surface area (Å²) in [6.07, 6.45) is 0.873. The van der Waals surface area contributed by atoms with Crippen LogP contribution in [0, 0.1) is 0 Å². The normalized spacial score (nSPS) is 14.3. The van der Waals surface area contributed by atoms with Crippen molar-refractivity contribution in [2.24, 2.45) is 0 Å². The van der Waals surface area contributed by atoms with Gasteiger partial charge in [0.05, 0.1) is 4.90 Å². The Morgan fingerprint density at radius 2 is 1.72 bits per heavy atom. The highest BCUT2D eigenvalue weighted by molar-refractivity contribution is 7.93. The maximum atomic E-state index is 13.1. The summed E-state index contributed by atoms with van der Waals surface area (Å²) < 4.78 is 41.0. The van der Waals surface area contributed by atoms with E-state index in [9.17, 15) is 8.42 Å². The van der Waals surface area contributed by atoms with E-state index < -0.39 is 10.0 Å². The first-order chi connectivity index (χ1) is 17.3. The van der Waals surface area contributed by atoms with Crippen LogP contribution in [0.3, 0.4) is 0 Å². The SMILES string of the molecule is CC1(C)Cc2cccc(OCCNCc3cccc(NS(=O)(=O)c4cccc5ccccc45)c3)c2O1. The predicted octanol–water partition coefficient (Wildman–Crippen LogP) is 5.52. The molecule has 0 aromatic heterocycles. The van der Waals surface area contributed by atoms with Crippen LogP contribution in [0.4, 0.5) is 5.69 Å². The van der Waals surface area contributed by atoms with Crippen LogP contribution in [0.25, 0.3) is 10.8 Å². The van der Waals surface area contributed by atoms with Crippen LogP contribution >= 0.6 is 0 Å². The van der Waals surface area contributed by atoms with Gasteiger partial charge >= 0.3 is 0 Å². The second kappa shape index (κ2) is 9.84. The van der Waals surface area contributed by atoms with Gasteiger partial charge in [0.2, 0.25) is 0 Å². The summed E-state index contributed by atoms with van der Waals surface area (Å²) in [4.78, 5) is 0.265. The molecule has 0 spiro atoms. The number of para-hydroxylation sites is 1. The van der Waals surface area contributed by atoms with Gasteiger partial charge in [0.25, 0.3) is 10.0 Å². The summed E-state index contributed by atoms with van der Waals surface area (Å²) in [6, 6.07) is 26.2. The Kier molecular flexibility index (Phi) is 6.60. The molecular weight excluding hydrogens is 472 g/mol. The van der Waals surface area contributed by atoms with E-state index in [1.165, 1.54) is 5.56 Å². The minimum atomic E-state index is -3.73. The molecule has 0 radical (unpaired) electrons. The number of sulfonamides is 1. The van der Waals surface area contributed by atoms with E-state index in [-0.39, 0.29) is 10.5 Å². The lowest BCUT2D eigenvalue weighted by atomic mass is 10.0. The van der Waals surface area contributed by atoms with Crippen LogP contribution in [0.15, 0.2) is 89.8 Å². The third-order valence-corrected chi connectivity index (χ3v) is 7.58. The lowest BCUT2D eigenvalue weighted by Gasteiger charge is -2.18. The van der Waals surface area contributed by atoms with Gasteiger partial charge in [-0.2, -0.15) is 0 Å². The third-order valence-electron chi connectivity index (χ3n) is 6.14. The Morgan fingerprint density at radius 3 is 2.61 bits per heavy atom.